The lowest BCUT2D eigenvalue weighted by Gasteiger charge is -2.20. The summed E-state index contributed by atoms with van der Waals surface area (Å²) in [6.45, 7) is 9.04. The van der Waals surface area contributed by atoms with Crippen LogP contribution in [0, 0.1) is 5.92 Å². The average molecular weight is 206 g/mol. The number of benzene rings is 1. The zero-order chi connectivity index (χ0) is 10.3. The molecule has 1 aliphatic heterocycles. The fraction of sp³-hybridized carbons (Fsp3) is 0.500. The van der Waals surface area contributed by atoms with Gasteiger partial charge in [-0.25, -0.2) is 0 Å². The van der Waals surface area contributed by atoms with E-state index in [4.69, 9.17) is 4.43 Å². The van der Waals surface area contributed by atoms with Crippen molar-refractivity contribution in [1.29, 1.82) is 0 Å². The van der Waals surface area contributed by atoms with Crippen molar-refractivity contribution >= 4 is 13.5 Å². The van der Waals surface area contributed by atoms with Crippen molar-refractivity contribution in [1.82, 2.24) is 0 Å². The average Bonchev–Trinajstić information content (AvgIpc) is 2.40. The molecule has 1 aliphatic rings. The van der Waals surface area contributed by atoms with Gasteiger partial charge in [0.1, 0.15) is 0 Å². The van der Waals surface area contributed by atoms with Gasteiger partial charge in [0, 0.05) is 0 Å². The summed E-state index contributed by atoms with van der Waals surface area (Å²) in [5, 5.41) is 1.48. The Bertz CT molecular complexity index is 344. The molecular weight excluding hydrogens is 188 g/mol. The summed E-state index contributed by atoms with van der Waals surface area (Å²) in [7, 11) is -1.59. The highest BCUT2D eigenvalue weighted by Gasteiger charge is 2.40. The molecule has 1 aromatic carbocycles. The lowest BCUT2D eigenvalue weighted by molar-refractivity contribution is 0.161. The van der Waals surface area contributed by atoms with E-state index in [2.05, 4.69) is 51.2 Å². The minimum atomic E-state index is -1.59. The molecule has 0 spiro atoms. The Morgan fingerprint density at radius 3 is 2.50 bits per heavy atom. The van der Waals surface area contributed by atoms with Gasteiger partial charge in [-0.2, -0.15) is 0 Å². The van der Waals surface area contributed by atoms with E-state index in [0.29, 0.717) is 12.0 Å². The lowest BCUT2D eigenvalue weighted by atomic mass is 9.99. The van der Waals surface area contributed by atoms with Crippen molar-refractivity contribution in [2.24, 2.45) is 5.92 Å². The topological polar surface area (TPSA) is 9.23 Å². The van der Waals surface area contributed by atoms with E-state index in [1.807, 2.05) is 0 Å². The maximum Gasteiger partial charge on any atom is 0.219 e. The Kier molecular flexibility index (Phi) is 2.28. The van der Waals surface area contributed by atoms with Gasteiger partial charge in [-0.15, -0.1) is 0 Å². The molecule has 0 aromatic heterocycles. The number of fused-ring (bicyclic) bond motifs is 1. The third-order valence-electron chi connectivity index (χ3n) is 2.94. The predicted octanol–water partition coefficient (Wildman–Crippen LogP) is 2.83. The van der Waals surface area contributed by atoms with Gasteiger partial charge in [0.15, 0.2) is 0 Å². The lowest BCUT2D eigenvalue weighted by Crippen LogP contribution is -2.39. The zero-order valence-corrected chi connectivity index (χ0v) is 10.4. The van der Waals surface area contributed by atoms with Crippen molar-refractivity contribution in [2.45, 2.75) is 33.0 Å². The maximum atomic E-state index is 6.22. The molecule has 0 bridgehead atoms. The highest BCUT2D eigenvalue weighted by Crippen LogP contribution is 2.34. The fourth-order valence-electron chi connectivity index (χ4n) is 2.23. The minimum Gasteiger partial charge on any atom is -0.406 e. The molecular formula is C12H18OSi. The van der Waals surface area contributed by atoms with E-state index in [1.165, 1.54) is 10.8 Å². The summed E-state index contributed by atoms with van der Waals surface area (Å²) in [4.78, 5) is 0. The van der Waals surface area contributed by atoms with E-state index in [0.717, 1.165) is 0 Å². The summed E-state index contributed by atoms with van der Waals surface area (Å²) < 4.78 is 6.22. The monoisotopic (exact) mass is 206 g/mol. The first-order chi connectivity index (χ1) is 6.52. The first-order valence-electron chi connectivity index (χ1n) is 5.29. The molecule has 0 fully saturated rings. The van der Waals surface area contributed by atoms with Gasteiger partial charge in [0.2, 0.25) is 8.32 Å². The number of hydrogen-bond acceptors (Lipinski definition) is 1. The van der Waals surface area contributed by atoms with E-state index < -0.39 is 8.32 Å². The minimum absolute atomic E-state index is 0.327. The summed E-state index contributed by atoms with van der Waals surface area (Å²) in [6.07, 6.45) is 0.327. The van der Waals surface area contributed by atoms with Crippen LogP contribution in [0.25, 0.3) is 0 Å². The van der Waals surface area contributed by atoms with Gasteiger partial charge in [-0.05, 0) is 29.8 Å². The van der Waals surface area contributed by atoms with E-state index >= 15 is 0 Å². The smallest absolute Gasteiger partial charge is 0.219 e. The van der Waals surface area contributed by atoms with E-state index in [9.17, 15) is 0 Å². The van der Waals surface area contributed by atoms with E-state index in [-0.39, 0.29) is 0 Å². The van der Waals surface area contributed by atoms with Gasteiger partial charge >= 0.3 is 0 Å². The molecule has 2 heteroatoms. The molecule has 1 atom stereocenters. The molecule has 14 heavy (non-hydrogen) atoms. The largest absolute Gasteiger partial charge is 0.406 e. The van der Waals surface area contributed by atoms with Crippen LogP contribution >= 0.6 is 0 Å². The normalized spacial score (nSPS) is 23.9. The molecule has 0 radical (unpaired) electrons. The Morgan fingerprint density at radius 1 is 1.21 bits per heavy atom. The third-order valence-corrected chi connectivity index (χ3v) is 5.54. The highest BCUT2D eigenvalue weighted by molar-refractivity contribution is 6.85. The van der Waals surface area contributed by atoms with Crippen molar-refractivity contribution in [2.75, 3.05) is 0 Å². The van der Waals surface area contributed by atoms with Gasteiger partial charge in [0.25, 0.3) is 0 Å². The van der Waals surface area contributed by atoms with Crippen molar-refractivity contribution in [3.05, 3.63) is 29.8 Å². The standard InChI is InChI=1S/C12H18OSi/c1-9(2)12-10-7-5-6-8-11(10)14(3,4)13-12/h5-9,12H,1-4H3. The van der Waals surface area contributed by atoms with Crippen LogP contribution < -0.4 is 5.19 Å². The molecule has 1 heterocycles. The van der Waals surface area contributed by atoms with Crippen molar-refractivity contribution in [3.8, 4) is 0 Å². The third kappa shape index (κ3) is 1.43. The number of hydrogen-bond donors (Lipinski definition) is 0. The molecule has 0 N–H and O–H groups in total. The first kappa shape index (κ1) is 9.93. The quantitative estimate of drug-likeness (QED) is 0.642. The molecule has 0 aliphatic carbocycles. The van der Waals surface area contributed by atoms with Crippen LogP contribution in [0.1, 0.15) is 25.5 Å². The van der Waals surface area contributed by atoms with Gasteiger partial charge in [-0.1, -0.05) is 38.1 Å². The van der Waals surface area contributed by atoms with Crippen LogP contribution in [0.15, 0.2) is 24.3 Å². The zero-order valence-electron chi connectivity index (χ0n) is 9.37. The van der Waals surface area contributed by atoms with Crippen molar-refractivity contribution < 1.29 is 4.43 Å². The summed E-state index contributed by atoms with van der Waals surface area (Å²) in [5.74, 6) is 0.574. The van der Waals surface area contributed by atoms with Crippen LogP contribution in [-0.4, -0.2) is 8.32 Å². The molecule has 1 nitrogen and oxygen atoms in total. The van der Waals surface area contributed by atoms with Gasteiger partial charge in [-0.3, -0.25) is 0 Å². The second-order valence-electron chi connectivity index (χ2n) is 4.88. The van der Waals surface area contributed by atoms with Crippen LogP contribution in [0.4, 0.5) is 0 Å². The predicted molar refractivity (Wildman–Crippen MR) is 62.2 cm³/mol. The molecule has 0 saturated carbocycles. The Hall–Kier alpha value is -0.603. The summed E-state index contributed by atoms with van der Waals surface area (Å²) >= 11 is 0. The van der Waals surface area contributed by atoms with E-state index in [1.54, 1.807) is 0 Å². The summed E-state index contributed by atoms with van der Waals surface area (Å²) in [5.41, 5.74) is 1.43. The first-order valence-corrected chi connectivity index (χ1v) is 8.20. The van der Waals surface area contributed by atoms with Gasteiger partial charge in [0.05, 0.1) is 6.10 Å². The summed E-state index contributed by atoms with van der Waals surface area (Å²) in [6, 6.07) is 8.71. The van der Waals surface area contributed by atoms with Crippen LogP contribution in [0.3, 0.4) is 0 Å². The van der Waals surface area contributed by atoms with Crippen LogP contribution in [-0.2, 0) is 4.43 Å². The molecule has 76 valence electrons. The molecule has 0 amide bonds. The molecule has 2 rings (SSSR count). The highest BCUT2D eigenvalue weighted by atomic mass is 28.4. The second kappa shape index (κ2) is 3.21. The molecule has 1 unspecified atom stereocenters. The molecule has 0 saturated heterocycles. The maximum absolute atomic E-state index is 6.22. The second-order valence-corrected chi connectivity index (χ2v) is 8.68. The van der Waals surface area contributed by atoms with Gasteiger partial charge < -0.3 is 4.43 Å². The fourth-order valence-corrected chi connectivity index (χ4v) is 4.81. The Labute approximate surface area is 87.2 Å². The van der Waals surface area contributed by atoms with Crippen LogP contribution in [0.2, 0.25) is 13.1 Å². The Balaban J connectivity index is 2.49. The molecule has 1 aromatic rings. The Morgan fingerprint density at radius 2 is 1.86 bits per heavy atom. The number of rotatable bonds is 1. The van der Waals surface area contributed by atoms with Crippen molar-refractivity contribution in [3.63, 3.8) is 0 Å². The van der Waals surface area contributed by atoms with Crippen LogP contribution in [0.5, 0.6) is 0 Å². The SMILES string of the molecule is CC(C)C1O[Si](C)(C)c2ccccc21.